The van der Waals surface area contributed by atoms with Gasteiger partial charge in [-0.2, -0.15) is 0 Å². The summed E-state index contributed by atoms with van der Waals surface area (Å²) in [5, 5.41) is 15.4. The molecule has 0 bridgehead atoms. The maximum absolute atomic E-state index is 12.1. The molecule has 1 heterocycles. The zero-order chi connectivity index (χ0) is 13.1. The summed E-state index contributed by atoms with van der Waals surface area (Å²) in [5.41, 5.74) is 0.383. The third-order valence-corrected chi connectivity index (χ3v) is 3.31. The van der Waals surface area contributed by atoms with Gasteiger partial charge >= 0.3 is 0 Å². The summed E-state index contributed by atoms with van der Waals surface area (Å²) < 4.78 is 6.20. The highest BCUT2D eigenvalue weighted by Crippen LogP contribution is 2.27. The van der Waals surface area contributed by atoms with Gasteiger partial charge in [-0.3, -0.25) is 4.79 Å². The summed E-state index contributed by atoms with van der Waals surface area (Å²) in [7, 11) is 0. The second kappa shape index (κ2) is 7.09. The van der Waals surface area contributed by atoms with Gasteiger partial charge in [-0.1, -0.05) is 15.9 Å². The number of halogens is 2. The quantitative estimate of drug-likeness (QED) is 0.712. The van der Waals surface area contributed by atoms with Crippen LogP contribution in [0.5, 0.6) is 5.75 Å². The van der Waals surface area contributed by atoms with E-state index in [0.29, 0.717) is 18.8 Å². The van der Waals surface area contributed by atoms with E-state index >= 15 is 0 Å². The van der Waals surface area contributed by atoms with Crippen molar-refractivity contribution in [2.24, 2.45) is 0 Å². The molecule has 0 spiro atoms. The lowest BCUT2D eigenvalue weighted by Crippen LogP contribution is -2.53. The van der Waals surface area contributed by atoms with Crippen molar-refractivity contribution in [1.82, 2.24) is 5.32 Å². The number of anilines is 1. The van der Waals surface area contributed by atoms with E-state index < -0.39 is 6.04 Å². The van der Waals surface area contributed by atoms with Crippen molar-refractivity contribution in [2.75, 3.05) is 18.5 Å². The number of rotatable bonds is 2. The molecular formula is C12H16BrClN2O3. The van der Waals surface area contributed by atoms with Crippen LogP contribution in [0.3, 0.4) is 0 Å². The lowest BCUT2D eigenvalue weighted by atomic mass is 10.1. The molecule has 2 rings (SSSR count). The first-order valence-corrected chi connectivity index (χ1v) is 6.51. The zero-order valence-electron chi connectivity index (χ0n) is 10.4. The van der Waals surface area contributed by atoms with Crippen LogP contribution in [-0.4, -0.2) is 36.3 Å². The fourth-order valence-corrected chi connectivity index (χ4v) is 2.21. The number of phenolic OH excluding ortho intramolecular Hbond substituents is 1. The minimum absolute atomic E-state index is 0. The number of carbonyl (C=O) groups excluding carboxylic acids is 1. The molecule has 1 fully saturated rings. The monoisotopic (exact) mass is 350 g/mol. The molecule has 106 valence electrons. The second-order valence-electron chi connectivity index (χ2n) is 4.16. The Morgan fingerprint density at radius 2 is 2.32 bits per heavy atom. The summed E-state index contributed by atoms with van der Waals surface area (Å²) in [5.74, 6) is -0.175. The van der Waals surface area contributed by atoms with Crippen LogP contribution >= 0.6 is 28.3 Å². The van der Waals surface area contributed by atoms with Gasteiger partial charge in [0.2, 0.25) is 5.91 Å². The molecule has 0 aromatic heterocycles. The fourth-order valence-electron chi connectivity index (χ4n) is 1.85. The number of benzene rings is 1. The van der Waals surface area contributed by atoms with E-state index in [1.54, 1.807) is 12.1 Å². The lowest BCUT2D eigenvalue weighted by molar-refractivity contribution is -0.123. The van der Waals surface area contributed by atoms with Crippen molar-refractivity contribution >= 4 is 39.9 Å². The first-order valence-electron chi connectivity index (χ1n) is 5.72. The molecule has 1 amide bonds. The molecule has 5 nitrogen and oxygen atoms in total. The SMILES string of the molecule is C[C@H]1OCCN[C@@H]1C(=O)Nc1cc(Br)ccc1O.Cl. The lowest BCUT2D eigenvalue weighted by Gasteiger charge is -2.29. The molecular weight excluding hydrogens is 336 g/mol. The van der Waals surface area contributed by atoms with Gasteiger partial charge in [-0.15, -0.1) is 12.4 Å². The molecule has 19 heavy (non-hydrogen) atoms. The molecule has 3 N–H and O–H groups in total. The standard InChI is InChI=1S/C12H15BrN2O3.ClH/c1-7-11(14-4-5-18-7)12(17)15-9-6-8(13)2-3-10(9)16;/h2-3,6-7,11,14,16H,4-5H2,1H3,(H,15,17);1H/t7-,11+;/m1./s1. The predicted octanol–water partition coefficient (Wildman–Crippen LogP) is 1.89. The van der Waals surface area contributed by atoms with E-state index in [1.165, 1.54) is 6.07 Å². The topological polar surface area (TPSA) is 70.6 Å². The molecule has 1 aliphatic rings. The van der Waals surface area contributed by atoms with Crippen molar-refractivity contribution < 1.29 is 14.6 Å². The van der Waals surface area contributed by atoms with Crippen molar-refractivity contribution in [2.45, 2.75) is 19.1 Å². The van der Waals surface area contributed by atoms with E-state index in [2.05, 4.69) is 26.6 Å². The minimum Gasteiger partial charge on any atom is -0.506 e. The van der Waals surface area contributed by atoms with E-state index in [4.69, 9.17) is 4.74 Å². The number of nitrogens with one attached hydrogen (secondary N) is 2. The Morgan fingerprint density at radius 1 is 1.58 bits per heavy atom. The Bertz CT molecular complexity index is 459. The van der Waals surface area contributed by atoms with Crippen LogP contribution in [0.2, 0.25) is 0 Å². The van der Waals surface area contributed by atoms with E-state index in [9.17, 15) is 9.90 Å². The van der Waals surface area contributed by atoms with Gasteiger partial charge in [0.25, 0.3) is 0 Å². The van der Waals surface area contributed by atoms with Crippen LogP contribution in [0.15, 0.2) is 22.7 Å². The Labute approximate surface area is 126 Å². The molecule has 0 aliphatic carbocycles. The van der Waals surface area contributed by atoms with E-state index in [1.807, 2.05) is 6.92 Å². The van der Waals surface area contributed by atoms with Crippen LogP contribution in [0.1, 0.15) is 6.92 Å². The molecule has 0 saturated carbocycles. The molecule has 1 saturated heterocycles. The molecule has 1 aliphatic heterocycles. The third kappa shape index (κ3) is 4.07. The van der Waals surface area contributed by atoms with Gasteiger partial charge in [0.05, 0.1) is 18.4 Å². The highest BCUT2D eigenvalue weighted by atomic mass is 79.9. The molecule has 0 radical (unpaired) electrons. The number of morpholine rings is 1. The highest BCUT2D eigenvalue weighted by Gasteiger charge is 2.28. The number of aromatic hydroxyl groups is 1. The Morgan fingerprint density at radius 3 is 3.00 bits per heavy atom. The predicted molar refractivity (Wildman–Crippen MR) is 78.9 cm³/mol. The average molecular weight is 352 g/mol. The van der Waals surface area contributed by atoms with Gasteiger partial charge < -0.3 is 20.5 Å². The Balaban J connectivity index is 0.00000180. The van der Waals surface area contributed by atoms with Crippen LogP contribution in [-0.2, 0) is 9.53 Å². The van der Waals surface area contributed by atoms with Crippen molar-refractivity contribution in [3.63, 3.8) is 0 Å². The van der Waals surface area contributed by atoms with Gasteiger partial charge in [-0.25, -0.2) is 0 Å². The van der Waals surface area contributed by atoms with Gasteiger partial charge in [0.1, 0.15) is 11.8 Å². The minimum atomic E-state index is -0.405. The summed E-state index contributed by atoms with van der Waals surface area (Å²) in [6.07, 6.45) is -0.187. The molecule has 1 aromatic rings. The van der Waals surface area contributed by atoms with Crippen molar-refractivity contribution in [1.29, 1.82) is 0 Å². The van der Waals surface area contributed by atoms with E-state index in [-0.39, 0.29) is 30.2 Å². The van der Waals surface area contributed by atoms with Crippen LogP contribution in [0.25, 0.3) is 0 Å². The van der Waals surface area contributed by atoms with E-state index in [0.717, 1.165) is 4.47 Å². The fraction of sp³-hybridized carbons (Fsp3) is 0.417. The first kappa shape index (κ1) is 16.2. The van der Waals surface area contributed by atoms with Crippen LogP contribution in [0, 0.1) is 0 Å². The number of ether oxygens (including phenoxy) is 1. The van der Waals surface area contributed by atoms with Crippen LogP contribution < -0.4 is 10.6 Å². The number of hydrogen-bond donors (Lipinski definition) is 3. The highest BCUT2D eigenvalue weighted by molar-refractivity contribution is 9.10. The van der Waals surface area contributed by atoms with Crippen LogP contribution in [0.4, 0.5) is 5.69 Å². The summed E-state index contributed by atoms with van der Waals surface area (Å²) in [6, 6.07) is 4.47. The van der Waals surface area contributed by atoms with Crippen molar-refractivity contribution in [3.8, 4) is 5.75 Å². The number of amides is 1. The van der Waals surface area contributed by atoms with Gasteiger partial charge in [0.15, 0.2) is 0 Å². The smallest absolute Gasteiger partial charge is 0.244 e. The second-order valence-corrected chi connectivity index (χ2v) is 5.07. The number of carbonyl (C=O) groups is 1. The normalized spacial score (nSPS) is 22.4. The first-order chi connectivity index (χ1) is 8.58. The molecule has 7 heteroatoms. The Hall–Kier alpha value is -0.820. The summed E-state index contributed by atoms with van der Waals surface area (Å²) in [6.45, 7) is 3.09. The number of phenols is 1. The third-order valence-electron chi connectivity index (χ3n) is 2.82. The summed E-state index contributed by atoms with van der Waals surface area (Å²) in [4.78, 5) is 12.1. The van der Waals surface area contributed by atoms with Gasteiger partial charge in [-0.05, 0) is 25.1 Å². The maximum atomic E-state index is 12.1. The largest absolute Gasteiger partial charge is 0.506 e. The Kier molecular flexibility index (Phi) is 6.06. The molecule has 1 aromatic carbocycles. The summed E-state index contributed by atoms with van der Waals surface area (Å²) >= 11 is 3.29. The average Bonchev–Trinajstić information content (AvgIpc) is 2.34. The zero-order valence-corrected chi connectivity index (χ0v) is 12.8. The molecule has 2 atom stereocenters. The maximum Gasteiger partial charge on any atom is 0.244 e. The van der Waals surface area contributed by atoms with Crippen molar-refractivity contribution in [3.05, 3.63) is 22.7 Å². The van der Waals surface area contributed by atoms with Gasteiger partial charge in [0, 0.05) is 11.0 Å². The number of hydrogen-bond acceptors (Lipinski definition) is 4. The molecule has 0 unspecified atom stereocenters.